The second kappa shape index (κ2) is 6.56. The molecule has 1 N–H and O–H groups in total. The lowest BCUT2D eigenvalue weighted by atomic mass is 10.1. The summed E-state index contributed by atoms with van der Waals surface area (Å²) < 4.78 is 0.355. The van der Waals surface area contributed by atoms with E-state index < -0.39 is 5.97 Å². The Balaban J connectivity index is 2.14. The number of carboxylic acid groups (broad SMARTS) is 1. The van der Waals surface area contributed by atoms with Crippen LogP contribution in [0.15, 0.2) is 24.3 Å². The van der Waals surface area contributed by atoms with Crippen molar-refractivity contribution in [3.05, 3.63) is 35.4 Å². The van der Waals surface area contributed by atoms with Gasteiger partial charge in [-0.1, -0.05) is 19.9 Å². The summed E-state index contributed by atoms with van der Waals surface area (Å²) in [5, 5.41) is 8.71. The van der Waals surface area contributed by atoms with Crippen LogP contribution in [0.1, 0.15) is 31.4 Å². The molecule has 114 valence electrons. The first-order chi connectivity index (χ1) is 9.87. The lowest BCUT2D eigenvalue weighted by Gasteiger charge is -2.25. The van der Waals surface area contributed by atoms with Crippen LogP contribution in [0.4, 0.5) is 5.69 Å². The maximum absolute atomic E-state index is 10.6. The fourth-order valence-electron chi connectivity index (χ4n) is 2.48. The molecule has 0 unspecified atom stereocenters. The van der Waals surface area contributed by atoms with Crippen LogP contribution in [0.2, 0.25) is 0 Å². The SMILES string of the molecule is Cc1cc(N2CCSC(C)(C)CC2)ccc1/C=C/C(=O)O. The van der Waals surface area contributed by atoms with E-state index in [1.54, 1.807) is 6.08 Å². The Morgan fingerprint density at radius 1 is 1.38 bits per heavy atom. The molecule has 1 aliphatic heterocycles. The average Bonchev–Trinajstić information content (AvgIpc) is 2.58. The Morgan fingerprint density at radius 3 is 2.81 bits per heavy atom. The van der Waals surface area contributed by atoms with Gasteiger partial charge in [-0.15, -0.1) is 0 Å². The van der Waals surface area contributed by atoms with Gasteiger partial charge in [0.2, 0.25) is 0 Å². The first-order valence-electron chi connectivity index (χ1n) is 7.28. The third-order valence-corrected chi connectivity index (χ3v) is 5.23. The smallest absolute Gasteiger partial charge is 0.328 e. The molecule has 1 aromatic rings. The van der Waals surface area contributed by atoms with Crippen LogP contribution in [0.5, 0.6) is 0 Å². The van der Waals surface area contributed by atoms with Gasteiger partial charge in [0.1, 0.15) is 0 Å². The van der Waals surface area contributed by atoms with Crippen LogP contribution in [-0.4, -0.2) is 34.7 Å². The zero-order chi connectivity index (χ0) is 15.5. The van der Waals surface area contributed by atoms with Gasteiger partial charge in [0, 0.05) is 35.4 Å². The minimum Gasteiger partial charge on any atom is -0.478 e. The molecule has 1 aliphatic rings. The van der Waals surface area contributed by atoms with Crippen molar-refractivity contribution in [1.29, 1.82) is 0 Å². The van der Waals surface area contributed by atoms with Crippen molar-refractivity contribution in [3.63, 3.8) is 0 Å². The fourth-order valence-corrected chi connectivity index (χ4v) is 3.58. The number of thioether (sulfide) groups is 1. The summed E-state index contributed by atoms with van der Waals surface area (Å²) in [5.74, 6) is 0.234. The second-order valence-corrected chi connectivity index (χ2v) is 7.86. The van der Waals surface area contributed by atoms with Gasteiger partial charge in [-0.05, 0) is 42.7 Å². The van der Waals surface area contributed by atoms with Gasteiger partial charge in [0.05, 0.1) is 0 Å². The van der Waals surface area contributed by atoms with E-state index in [0.717, 1.165) is 30.0 Å². The lowest BCUT2D eigenvalue weighted by molar-refractivity contribution is -0.131. The van der Waals surface area contributed by atoms with E-state index in [-0.39, 0.29) is 0 Å². The van der Waals surface area contributed by atoms with Crippen molar-refractivity contribution in [2.45, 2.75) is 31.9 Å². The molecule has 1 heterocycles. The molecular formula is C17H23NO2S. The van der Waals surface area contributed by atoms with Gasteiger partial charge in [0.15, 0.2) is 0 Å². The summed E-state index contributed by atoms with van der Waals surface area (Å²) in [4.78, 5) is 13.0. The number of hydrogen-bond acceptors (Lipinski definition) is 3. The molecule has 0 aromatic heterocycles. The second-order valence-electron chi connectivity index (χ2n) is 6.06. The first kappa shape index (κ1) is 16.0. The number of benzene rings is 1. The molecule has 2 rings (SSSR count). The van der Waals surface area contributed by atoms with Crippen LogP contribution >= 0.6 is 11.8 Å². The number of carbonyl (C=O) groups is 1. The highest BCUT2D eigenvalue weighted by Crippen LogP contribution is 2.32. The predicted octanol–water partition coefficient (Wildman–Crippen LogP) is 3.81. The molecule has 0 atom stereocenters. The third-order valence-electron chi connectivity index (χ3n) is 3.86. The highest BCUT2D eigenvalue weighted by molar-refractivity contribution is 8.00. The maximum Gasteiger partial charge on any atom is 0.328 e. The minimum atomic E-state index is -0.912. The topological polar surface area (TPSA) is 40.5 Å². The molecule has 21 heavy (non-hydrogen) atoms. The van der Waals surface area contributed by atoms with Gasteiger partial charge >= 0.3 is 5.97 Å². The number of carboxylic acids is 1. The number of aliphatic carboxylic acids is 1. The summed E-state index contributed by atoms with van der Waals surface area (Å²) in [7, 11) is 0. The number of anilines is 1. The molecule has 0 spiro atoms. The van der Waals surface area contributed by atoms with Crippen LogP contribution in [0, 0.1) is 6.92 Å². The molecule has 0 amide bonds. The number of aryl methyl sites for hydroxylation is 1. The largest absolute Gasteiger partial charge is 0.478 e. The maximum atomic E-state index is 10.6. The molecule has 4 heteroatoms. The minimum absolute atomic E-state index is 0.355. The zero-order valence-corrected chi connectivity index (χ0v) is 13.7. The van der Waals surface area contributed by atoms with Crippen molar-refractivity contribution in [2.24, 2.45) is 0 Å². The van der Waals surface area contributed by atoms with Crippen LogP contribution < -0.4 is 4.90 Å². The van der Waals surface area contributed by atoms with Crippen LogP contribution in [0.3, 0.4) is 0 Å². The van der Waals surface area contributed by atoms with Gasteiger partial charge < -0.3 is 10.0 Å². The third kappa shape index (κ3) is 4.53. The summed E-state index contributed by atoms with van der Waals surface area (Å²) in [6.07, 6.45) is 4.02. The Morgan fingerprint density at radius 2 is 2.14 bits per heavy atom. The first-order valence-corrected chi connectivity index (χ1v) is 8.26. The van der Waals surface area contributed by atoms with E-state index in [2.05, 4.69) is 30.9 Å². The van der Waals surface area contributed by atoms with Crippen molar-refractivity contribution in [3.8, 4) is 0 Å². The zero-order valence-electron chi connectivity index (χ0n) is 12.9. The van der Waals surface area contributed by atoms with Crippen LogP contribution in [-0.2, 0) is 4.79 Å². The van der Waals surface area contributed by atoms with Crippen molar-refractivity contribution in [2.75, 3.05) is 23.7 Å². The van der Waals surface area contributed by atoms with Crippen LogP contribution in [0.25, 0.3) is 6.08 Å². The average molecular weight is 305 g/mol. The van der Waals surface area contributed by atoms with Gasteiger partial charge in [-0.2, -0.15) is 11.8 Å². The highest BCUT2D eigenvalue weighted by atomic mass is 32.2. The molecule has 1 saturated heterocycles. The van der Waals surface area contributed by atoms with Crippen molar-refractivity contribution < 1.29 is 9.90 Å². The van der Waals surface area contributed by atoms with Crippen molar-refractivity contribution in [1.82, 2.24) is 0 Å². The van der Waals surface area contributed by atoms with Gasteiger partial charge in [-0.3, -0.25) is 0 Å². The van der Waals surface area contributed by atoms with E-state index in [1.807, 2.05) is 24.8 Å². The number of rotatable bonds is 3. The Bertz CT molecular complexity index is 552. The van der Waals surface area contributed by atoms with Gasteiger partial charge in [-0.25, -0.2) is 4.79 Å². The number of hydrogen-bond donors (Lipinski definition) is 1. The lowest BCUT2D eigenvalue weighted by Crippen LogP contribution is -2.26. The quantitative estimate of drug-likeness (QED) is 0.862. The van der Waals surface area contributed by atoms with Crippen molar-refractivity contribution >= 4 is 29.5 Å². The Kier molecular flexibility index (Phi) is 4.99. The van der Waals surface area contributed by atoms with E-state index in [1.165, 1.54) is 18.2 Å². The summed E-state index contributed by atoms with van der Waals surface area (Å²) >= 11 is 2.04. The van der Waals surface area contributed by atoms with E-state index in [9.17, 15) is 4.79 Å². The summed E-state index contributed by atoms with van der Waals surface area (Å²) in [6.45, 7) is 8.79. The highest BCUT2D eigenvalue weighted by Gasteiger charge is 2.23. The monoisotopic (exact) mass is 305 g/mol. The Hall–Kier alpha value is -1.42. The number of nitrogens with zero attached hydrogens (tertiary/aromatic N) is 1. The van der Waals surface area contributed by atoms with E-state index in [0.29, 0.717) is 4.75 Å². The molecule has 1 aromatic carbocycles. The molecule has 0 aliphatic carbocycles. The summed E-state index contributed by atoms with van der Waals surface area (Å²) in [6, 6.07) is 6.26. The fraction of sp³-hybridized carbons (Fsp3) is 0.471. The van der Waals surface area contributed by atoms with Gasteiger partial charge in [0.25, 0.3) is 0 Å². The molecule has 0 saturated carbocycles. The Labute approximate surface area is 131 Å². The van der Waals surface area contributed by atoms with E-state index in [4.69, 9.17) is 5.11 Å². The standard InChI is InChI=1S/C17H23NO2S/c1-13-12-15(6-4-14(13)5-7-16(19)20)18-9-8-17(2,3)21-11-10-18/h4-7,12H,8-11H2,1-3H3,(H,19,20)/b7-5+. The molecule has 1 fully saturated rings. The summed E-state index contributed by atoms with van der Waals surface area (Å²) in [5.41, 5.74) is 3.31. The predicted molar refractivity (Wildman–Crippen MR) is 91.2 cm³/mol. The molecular weight excluding hydrogens is 282 g/mol. The van der Waals surface area contributed by atoms with E-state index >= 15 is 0 Å². The molecule has 0 radical (unpaired) electrons. The normalized spacial score (nSPS) is 18.7. The molecule has 0 bridgehead atoms. The molecule has 3 nitrogen and oxygen atoms in total.